The van der Waals surface area contributed by atoms with Crippen LogP contribution in [0.1, 0.15) is 6.92 Å². The number of urea groups is 1. The van der Waals surface area contributed by atoms with Gasteiger partial charge in [0.15, 0.2) is 0 Å². The lowest BCUT2D eigenvalue weighted by atomic mass is 10.3. The van der Waals surface area contributed by atoms with E-state index in [1.165, 1.54) is 29.2 Å². The number of nitro groups is 1. The minimum Gasteiger partial charge on any atom is -0.324 e. The molecule has 0 aliphatic carbocycles. The molecule has 0 radical (unpaired) electrons. The molecule has 1 aromatic rings. The van der Waals surface area contributed by atoms with Gasteiger partial charge in [-0.25, -0.2) is 4.79 Å². The molecule has 6 nitrogen and oxygen atoms in total. The van der Waals surface area contributed by atoms with E-state index in [0.29, 0.717) is 12.2 Å². The summed E-state index contributed by atoms with van der Waals surface area (Å²) in [7, 11) is 1.65. The molecule has 1 N–H and O–H groups in total. The number of carbonyl (C=O) groups excluding carboxylic acids is 1. The molecule has 0 atom stereocenters. The van der Waals surface area contributed by atoms with Crippen molar-refractivity contribution in [3.8, 4) is 0 Å². The van der Waals surface area contributed by atoms with Gasteiger partial charge in [0.2, 0.25) is 0 Å². The van der Waals surface area contributed by atoms with E-state index in [2.05, 4.69) is 11.9 Å². The number of carbonyl (C=O) groups is 1. The van der Waals surface area contributed by atoms with E-state index >= 15 is 0 Å². The molecule has 0 aromatic heterocycles. The molecule has 0 aliphatic heterocycles. The first-order valence-electron chi connectivity index (χ1n) is 5.31. The molecule has 0 unspecified atom stereocenters. The molecule has 0 bridgehead atoms. The molecule has 0 spiro atoms. The van der Waals surface area contributed by atoms with Crippen LogP contribution in [0.25, 0.3) is 0 Å². The zero-order valence-electron chi connectivity index (χ0n) is 10.3. The second-order valence-electron chi connectivity index (χ2n) is 4.05. The Labute approximate surface area is 105 Å². The topological polar surface area (TPSA) is 75.5 Å². The fraction of sp³-hybridized carbons (Fsp3) is 0.250. The van der Waals surface area contributed by atoms with Crippen LogP contribution in [0, 0.1) is 10.1 Å². The van der Waals surface area contributed by atoms with Crippen LogP contribution in [0.2, 0.25) is 0 Å². The van der Waals surface area contributed by atoms with Gasteiger partial charge >= 0.3 is 6.03 Å². The molecule has 0 heterocycles. The van der Waals surface area contributed by atoms with E-state index in [4.69, 9.17) is 0 Å². The summed E-state index contributed by atoms with van der Waals surface area (Å²) in [6.07, 6.45) is 0. The molecule has 2 amide bonds. The van der Waals surface area contributed by atoms with Crippen molar-refractivity contribution in [3.05, 3.63) is 46.5 Å². The zero-order chi connectivity index (χ0) is 13.7. The van der Waals surface area contributed by atoms with Gasteiger partial charge in [0.25, 0.3) is 5.69 Å². The van der Waals surface area contributed by atoms with Crippen LogP contribution in [0.15, 0.2) is 36.4 Å². The van der Waals surface area contributed by atoms with Crippen LogP contribution in [-0.2, 0) is 0 Å². The van der Waals surface area contributed by atoms with Crippen molar-refractivity contribution in [1.82, 2.24) is 4.90 Å². The fourth-order valence-electron chi connectivity index (χ4n) is 1.36. The van der Waals surface area contributed by atoms with Gasteiger partial charge in [-0.2, -0.15) is 0 Å². The van der Waals surface area contributed by atoms with Gasteiger partial charge < -0.3 is 10.2 Å². The molecule has 96 valence electrons. The van der Waals surface area contributed by atoms with Crippen LogP contribution >= 0.6 is 0 Å². The SMILES string of the molecule is C=C(C)CN(C)C(=O)Nc1ccc([N+](=O)[O-])cc1. The summed E-state index contributed by atoms with van der Waals surface area (Å²) in [4.78, 5) is 23.2. The lowest BCUT2D eigenvalue weighted by Gasteiger charge is -2.17. The number of rotatable bonds is 4. The first kappa shape index (κ1) is 13.7. The molecule has 18 heavy (non-hydrogen) atoms. The Morgan fingerprint density at radius 3 is 2.44 bits per heavy atom. The number of nitro benzene ring substituents is 1. The minimum atomic E-state index is -0.487. The average Bonchev–Trinajstić information content (AvgIpc) is 2.28. The predicted molar refractivity (Wildman–Crippen MR) is 69.6 cm³/mol. The highest BCUT2D eigenvalue weighted by Crippen LogP contribution is 2.15. The van der Waals surface area contributed by atoms with E-state index in [9.17, 15) is 14.9 Å². The van der Waals surface area contributed by atoms with Gasteiger partial charge in [-0.3, -0.25) is 10.1 Å². The van der Waals surface area contributed by atoms with Crippen molar-refractivity contribution in [2.24, 2.45) is 0 Å². The van der Waals surface area contributed by atoms with Crippen molar-refractivity contribution in [3.63, 3.8) is 0 Å². The standard InChI is InChI=1S/C12H15N3O3/c1-9(2)8-14(3)12(16)13-10-4-6-11(7-5-10)15(17)18/h4-7H,1,8H2,2-3H3,(H,13,16). The lowest BCUT2D eigenvalue weighted by molar-refractivity contribution is -0.384. The smallest absolute Gasteiger partial charge is 0.321 e. The molecular weight excluding hydrogens is 234 g/mol. The van der Waals surface area contributed by atoms with E-state index in [-0.39, 0.29) is 11.7 Å². The average molecular weight is 249 g/mol. The third-order valence-electron chi connectivity index (χ3n) is 2.18. The largest absolute Gasteiger partial charge is 0.324 e. The summed E-state index contributed by atoms with van der Waals surface area (Å²) >= 11 is 0. The van der Waals surface area contributed by atoms with Crippen molar-refractivity contribution in [1.29, 1.82) is 0 Å². The summed E-state index contributed by atoms with van der Waals surface area (Å²) < 4.78 is 0. The normalized spacial score (nSPS) is 9.67. The van der Waals surface area contributed by atoms with Crippen molar-refractivity contribution < 1.29 is 9.72 Å². The van der Waals surface area contributed by atoms with Gasteiger partial charge in [0.05, 0.1) is 4.92 Å². The van der Waals surface area contributed by atoms with E-state index < -0.39 is 4.92 Å². The Hall–Kier alpha value is -2.37. The molecule has 0 aliphatic rings. The summed E-state index contributed by atoms with van der Waals surface area (Å²) in [5, 5.41) is 13.1. The number of nitrogens with one attached hydrogen (secondary N) is 1. The summed E-state index contributed by atoms with van der Waals surface area (Å²) in [6, 6.07) is 5.38. The van der Waals surface area contributed by atoms with Crippen LogP contribution in [0.5, 0.6) is 0 Å². The van der Waals surface area contributed by atoms with Crippen molar-refractivity contribution >= 4 is 17.4 Å². The summed E-state index contributed by atoms with van der Waals surface area (Å²) in [6.45, 7) is 6.01. The van der Waals surface area contributed by atoms with Crippen LogP contribution in [-0.4, -0.2) is 29.4 Å². The summed E-state index contributed by atoms with van der Waals surface area (Å²) in [5.74, 6) is 0. The third kappa shape index (κ3) is 3.89. The van der Waals surface area contributed by atoms with E-state index in [0.717, 1.165) is 5.57 Å². The number of hydrogen-bond donors (Lipinski definition) is 1. The molecular formula is C12H15N3O3. The zero-order valence-corrected chi connectivity index (χ0v) is 10.3. The van der Waals surface area contributed by atoms with E-state index in [1.807, 2.05) is 6.92 Å². The van der Waals surface area contributed by atoms with Gasteiger partial charge in [-0.05, 0) is 19.1 Å². The Morgan fingerprint density at radius 1 is 1.44 bits per heavy atom. The number of anilines is 1. The molecule has 0 saturated heterocycles. The number of benzene rings is 1. The molecule has 6 heteroatoms. The number of likely N-dealkylation sites (N-methyl/N-ethyl adjacent to an activating group) is 1. The maximum Gasteiger partial charge on any atom is 0.321 e. The molecule has 1 rings (SSSR count). The Morgan fingerprint density at radius 2 is 2.00 bits per heavy atom. The Bertz CT molecular complexity index is 468. The van der Waals surface area contributed by atoms with E-state index in [1.54, 1.807) is 7.05 Å². The number of amides is 2. The second-order valence-corrected chi connectivity index (χ2v) is 4.05. The first-order chi connectivity index (χ1) is 8.40. The van der Waals surface area contributed by atoms with Crippen LogP contribution < -0.4 is 5.32 Å². The Balaban J connectivity index is 2.64. The Kier molecular flexibility index (Phi) is 4.42. The van der Waals surface area contributed by atoms with Gasteiger partial charge in [0, 0.05) is 31.4 Å². The lowest BCUT2D eigenvalue weighted by Crippen LogP contribution is -2.32. The van der Waals surface area contributed by atoms with Crippen LogP contribution in [0.3, 0.4) is 0 Å². The highest BCUT2D eigenvalue weighted by atomic mass is 16.6. The molecule has 0 saturated carbocycles. The predicted octanol–water partition coefficient (Wildman–Crippen LogP) is 2.63. The van der Waals surface area contributed by atoms with Gasteiger partial charge in [0.1, 0.15) is 0 Å². The maximum atomic E-state index is 11.7. The quantitative estimate of drug-likeness (QED) is 0.506. The maximum absolute atomic E-state index is 11.7. The monoisotopic (exact) mass is 249 g/mol. The van der Waals surface area contributed by atoms with Crippen molar-refractivity contribution in [2.75, 3.05) is 18.9 Å². The number of hydrogen-bond acceptors (Lipinski definition) is 3. The highest BCUT2D eigenvalue weighted by Gasteiger charge is 2.09. The number of nitrogens with zero attached hydrogens (tertiary/aromatic N) is 2. The minimum absolute atomic E-state index is 0.0108. The third-order valence-corrected chi connectivity index (χ3v) is 2.18. The number of non-ortho nitro benzene ring substituents is 1. The second kappa shape index (κ2) is 5.81. The van der Waals surface area contributed by atoms with Crippen LogP contribution in [0.4, 0.5) is 16.2 Å². The highest BCUT2D eigenvalue weighted by molar-refractivity contribution is 5.89. The summed E-state index contributed by atoms with van der Waals surface area (Å²) in [5.41, 5.74) is 1.37. The fourth-order valence-corrected chi connectivity index (χ4v) is 1.36. The molecule has 0 fully saturated rings. The first-order valence-corrected chi connectivity index (χ1v) is 5.31. The van der Waals surface area contributed by atoms with Gasteiger partial charge in [-0.1, -0.05) is 12.2 Å². The van der Waals surface area contributed by atoms with Crippen molar-refractivity contribution in [2.45, 2.75) is 6.92 Å². The van der Waals surface area contributed by atoms with Gasteiger partial charge in [-0.15, -0.1) is 0 Å². The molecule has 1 aromatic carbocycles.